The van der Waals surface area contributed by atoms with Crippen LogP contribution in [0.3, 0.4) is 0 Å². The van der Waals surface area contributed by atoms with E-state index in [4.69, 9.17) is 37.9 Å². The van der Waals surface area contributed by atoms with Gasteiger partial charge in [0, 0.05) is 5.92 Å². The van der Waals surface area contributed by atoms with Crippen LogP contribution in [-0.4, -0.2) is 126 Å². The molecule has 3 aliphatic rings. The van der Waals surface area contributed by atoms with Gasteiger partial charge >= 0.3 is 11.9 Å². The first-order chi connectivity index (χ1) is 24.0. The van der Waals surface area contributed by atoms with Crippen molar-refractivity contribution in [3.8, 4) is 0 Å². The molecule has 0 bridgehead atoms. The van der Waals surface area contributed by atoms with Crippen LogP contribution in [-0.2, 0) is 54.1 Å². The van der Waals surface area contributed by atoms with E-state index in [2.05, 4.69) is 19.9 Å². The fraction of sp³-hybridized carbons (Fsp3) is 0.730. The van der Waals surface area contributed by atoms with Crippen molar-refractivity contribution >= 4 is 11.9 Å². The summed E-state index contributed by atoms with van der Waals surface area (Å²) in [5.74, 6) is -1.28. The second-order valence-corrected chi connectivity index (χ2v) is 14.8. The molecule has 3 fully saturated rings. The van der Waals surface area contributed by atoms with E-state index >= 15 is 0 Å². The van der Waals surface area contributed by atoms with Crippen LogP contribution in [0.2, 0.25) is 0 Å². The lowest BCUT2D eigenvalue weighted by Crippen LogP contribution is -2.62. The van der Waals surface area contributed by atoms with Crippen molar-refractivity contribution in [2.24, 2.45) is 17.3 Å². The Labute approximate surface area is 299 Å². The van der Waals surface area contributed by atoms with Gasteiger partial charge in [-0.05, 0) is 58.4 Å². The van der Waals surface area contributed by atoms with Crippen molar-refractivity contribution in [2.45, 2.75) is 136 Å². The Balaban J connectivity index is 1.39. The molecule has 0 radical (unpaired) electrons. The first kappa shape index (κ1) is 41.3. The first-order valence-corrected chi connectivity index (χ1v) is 17.6. The minimum Gasteiger partial charge on any atom is -0.463 e. The van der Waals surface area contributed by atoms with E-state index in [1.54, 1.807) is 52.0 Å². The summed E-state index contributed by atoms with van der Waals surface area (Å²) in [6.07, 6.45) is -13.3. The summed E-state index contributed by atoms with van der Waals surface area (Å²) < 4.78 is 45.6. The quantitative estimate of drug-likeness (QED) is 0.110. The molecule has 1 aromatic rings. The van der Waals surface area contributed by atoms with E-state index in [1.807, 2.05) is 19.9 Å². The first-order valence-electron chi connectivity index (χ1n) is 17.6. The van der Waals surface area contributed by atoms with Crippen LogP contribution in [0, 0.1) is 17.3 Å². The van der Waals surface area contributed by atoms with E-state index in [9.17, 15) is 30.0 Å². The second-order valence-electron chi connectivity index (χ2n) is 14.8. The Morgan fingerprint density at radius 2 is 1.31 bits per heavy atom. The molecular weight excluding hydrogens is 668 g/mol. The predicted molar refractivity (Wildman–Crippen MR) is 181 cm³/mol. The molecule has 14 heteroatoms. The number of hydrogen-bond acceptors (Lipinski definition) is 14. The van der Waals surface area contributed by atoms with Crippen LogP contribution < -0.4 is 0 Å². The molecule has 288 valence electrons. The standard InChI is InChI=1S/C37H56O14/c1-19(2)16-23-24(37(23,7)8)18-47-33(42)31-29(25(38)28(41)36(51-31)49-21(5)6)44-14-15-45-35-27(40)26(39)30(48-20(3)4)32(50-35)34(43)46-17-22-12-10-9-11-13-22/h9-13,16,20-21,23-32,35-36,38-41H,14-15,17-18H2,1-8H3/t23?,24?,25-,26-,27+,28+,29+,30+,31?,32?,35-,36-/m1/s1. The van der Waals surface area contributed by atoms with Crippen molar-refractivity contribution in [2.75, 3.05) is 19.8 Å². The number of carbonyl (C=O) groups excluding carboxylic acids is 2. The molecule has 0 amide bonds. The summed E-state index contributed by atoms with van der Waals surface area (Å²) in [4.78, 5) is 26.6. The molecule has 1 aromatic carbocycles. The van der Waals surface area contributed by atoms with Crippen LogP contribution in [0.25, 0.3) is 0 Å². The Morgan fingerprint density at radius 1 is 0.765 bits per heavy atom. The molecule has 2 saturated heterocycles. The van der Waals surface area contributed by atoms with Crippen LogP contribution >= 0.6 is 0 Å². The Morgan fingerprint density at radius 3 is 1.94 bits per heavy atom. The minimum absolute atomic E-state index is 0.0509. The van der Waals surface area contributed by atoms with Crippen molar-refractivity contribution in [1.29, 1.82) is 0 Å². The maximum absolute atomic E-state index is 13.4. The fourth-order valence-corrected chi connectivity index (χ4v) is 6.43. The maximum atomic E-state index is 13.4. The van der Waals surface area contributed by atoms with Crippen LogP contribution in [0.1, 0.15) is 61.0 Å². The molecule has 4 unspecified atom stereocenters. The Hall–Kier alpha value is -2.50. The SMILES string of the molecule is CC(C)=CC1C(COC(=O)C2O[C@@H](OC(C)C)[C@@H](O)[C@@H](O)[C@@H]2OCCO[C@@H]2OC(C(=O)OCc3ccccc3)[C@@H](OC(C)C)[C@H](O)[C@@H]2O)C1(C)C. The third kappa shape index (κ3) is 10.6. The average Bonchev–Trinajstić information content (AvgIpc) is 3.58. The van der Waals surface area contributed by atoms with Gasteiger partial charge in [0.1, 0.15) is 43.2 Å². The Kier molecular flexibility index (Phi) is 14.6. The zero-order valence-corrected chi connectivity index (χ0v) is 30.7. The summed E-state index contributed by atoms with van der Waals surface area (Å²) in [7, 11) is 0. The highest BCUT2D eigenvalue weighted by atomic mass is 16.7. The van der Waals surface area contributed by atoms with Gasteiger partial charge in [-0.25, -0.2) is 9.59 Å². The molecule has 51 heavy (non-hydrogen) atoms. The molecule has 4 rings (SSSR count). The average molecular weight is 725 g/mol. The monoisotopic (exact) mass is 724 g/mol. The van der Waals surface area contributed by atoms with Gasteiger partial charge in [-0.2, -0.15) is 0 Å². The van der Waals surface area contributed by atoms with Crippen LogP contribution in [0.15, 0.2) is 42.0 Å². The summed E-state index contributed by atoms with van der Waals surface area (Å²) in [6.45, 7) is 14.6. The third-order valence-corrected chi connectivity index (χ3v) is 9.35. The highest BCUT2D eigenvalue weighted by molar-refractivity contribution is 5.76. The van der Waals surface area contributed by atoms with E-state index in [-0.39, 0.29) is 43.7 Å². The molecule has 1 saturated carbocycles. The minimum atomic E-state index is -1.61. The van der Waals surface area contributed by atoms with Crippen molar-refractivity contribution < 1.29 is 67.9 Å². The summed E-state index contributed by atoms with van der Waals surface area (Å²) >= 11 is 0. The van der Waals surface area contributed by atoms with E-state index in [0.717, 1.165) is 5.56 Å². The lowest BCUT2D eigenvalue weighted by Gasteiger charge is -2.42. The summed E-state index contributed by atoms with van der Waals surface area (Å²) in [5.41, 5.74) is 1.85. The van der Waals surface area contributed by atoms with Gasteiger partial charge in [0.25, 0.3) is 0 Å². The number of esters is 2. The van der Waals surface area contributed by atoms with Crippen molar-refractivity contribution in [1.82, 2.24) is 0 Å². The Bertz CT molecular complexity index is 1300. The lowest BCUT2D eigenvalue weighted by atomic mass is 9.98. The molecule has 2 aliphatic heterocycles. The van der Waals surface area contributed by atoms with Gasteiger partial charge in [-0.1, -0.05) is 55.8 Å². The van der Waals surface area contributed by atoms with E-state index < -0.39 is 85.6 Å². The number of benzene rings is 1. The molecular formula is C37H56O14. The van der Waals surface area contributed by atoms with Gasteiger partial charge in [-0.3, -0.25) is 0 Å². The number of aliphatic hydroxyl groups is 4. The molecule has 4 N–H and O–H groups in total. The number of hydrogen-bond donors (Lipinski definition) is 4. The van der Waals surface area contributed by atoms with Gasteiger partial charge < -0.3 is 58.3 Å². The largest absolute Gasteiger partial charge is 0.463 e. The number of rotatable bonds is 16. The highest BCUT2D eigenvalue weighted by Crippen LogP contribution is 2.59. The van der Waals surface area contributed by atoms with Crippen LogP contribution in [0.4, 0.5) is 0 Å². The topological polar surface area (TPSA) is 189 Å². The maximum Gasteiger partial charge on any atom is 0.338 e. The molecule has 1 aliphatic carbocycles. The van der Waals surface area contributed by atoms with Gasteiger partial charge in [0.2, 0.25) is 0 Å². The van der Waals surface area contributed by atoms with Gasteiger partial charge in [-0.15, -0.1) is 0 Å². The van der Waals surface area contributed by atoms with Crippen molar-refractivity contribution in [3.63, 3.8) is 0 Å². The van der Waals surface area contributed by atoms with E-state index in [1.165, 1.54) is 5.57 Å². The molecule has 0 aromatic heterocycles. The normalized spacial score (nSPS) is 34.6. The lowest BCUT2D eigenvalue weighted by molar-refractivity contribution is -0.316. The number of aliphatic hydroxyl groups excluding tert-OH is 4. The summed E-state index contributed by atoms with van der Waals surface area (Å²) in [5, 5.41) is 43.6. The third-order valence-electron chi connectivity index (χ3n) is 9.35. The number of carbonyl (C=O) groups is 2. The molecule has 2 heterocycles. The molecule has 14 nitrogen and oxygen atoms in total. The predicted octanol–water partition coefficient (Wildman–Crippen LogP) is 2.03. The molecule has 12 atom stereocenters. The summed E-state index contributed by atoms with van der Waals surface area (Å²) in [6, 6.07) is 9.00. The van der Waals surface area contributed by atoms with Crippen LogP contribution in [0.5, 0.6) is 0 Å². The smallest absolute Gasteiger partial charge is 0.338 e. The van der Waals surface area contributed by atoms with E-state index in [0.29, 0.717) is 0 Å². The van der Waals surface area contributed by atoms with Crippen molar-refractivity contribution in [3.05, 3.63) is 47.5 Å². The number of allylic oxidation sites excluding steroid dienone is 2. The number of ether oxygens (including phenoxy) is 8. The fourth-order valence-electron chi connectivity index (χ4n) is 6.43. The van der Waals surface area contributed by atoms with Gasteiger partial charge in [0.05, 0.1) is 32.0 Å². The highest BCUT2D eigenvalue weighted by Gasteiger charge is 2.57. The zero-order valence-electron chi connectivity index (χ0n) is 30.7. The van der Waals surface area contributed by atoms with Gasteiger partial charge in [0.15, 0.2) is 24.8 Å². The molecule has 0 spiro atoms. The zero-order chi connectivity index (χ0) is 37.6. The second kappa shape index (κ2) is 18.0.